The molecule has 0 aliphatic rings. The molecule has 1 aromatic carbocycles. The normalized spacial score (nSPS) is 13.6. The molecule has 18 heavy (non-hydrogen) atoms. The van der Waals surface area contributed by atoms with Crippen LogP contribution < -0.4 is 0 Å². The molecule has 0 aliphatic carbocycles. The van der Waals surface area contributed by atoms with E-state index >= 15 is 0 Å². The topological polar surface area (TPSA) is 18.5 Å². The number of rotatable bonds is 7. The summed E-state index contributed by atoms with van der Waals surface area (Å²) in [6.45, 7) is 4.81. The molecule has 0 saturated carbocycles. The fourth-order valence-corrected chi connectivity index (χ4v) is 2.58. The van der Waals surface area contributed by atoms with Crippen molar-refractivity contribution in [2.45, 2.75) is 32.0 Å². The zero-order valence-electron chi connectivity index (χ0n) is 11.1. The van der Waals surface area contributed by atoms with E-state index in [1.54, 1.807) is 7.11 Å². The molecule has 0 fully saturated rings. The van der Waals surface area contributed by atoms with E-state index in [0.717, 1.165) is 16.2 Å². The Hall–Kier alpha value is 0.1000. The highest BCUT2D eigenvalue weighted by Gasteiger charge is 2.18. The van der Waals surface area contributed by atoms with Gasteiger partial charge in [-0.2, -0.15) is 0 Å². The van der Waals surface area contributed by atoms with Gasteiger partial charge in [0.25, 0.3) is 0 Å². The van der Waals surface area contributed by atoms with E-state index < -0.39 is 0 Å². The third-order valence-corrected chi connectivity index (χ3v) is 4.28. The maximum atomic E-state index is 5.94. The van der Waals surface area contributed by atoms with Crippen molar-refractivity contribution in [3.05, 3.63) is 34.3 Å². The summed E-state index contributed by atoms with van der Waals surface area (Å²) in [5.74, 6) is 0. The predicted octanol–water partition coefficient (Wildman–Crippen LogP) is 4.72. The summed E-state index contributed by atoms with van der Waals surface area (Å²) < 4.78 is 12.4. The largest absolute Gasteiger partial charge is 0.379 e. The summed E-state index contributed by atoms with van der Waals surface area (Å²) in [7, 11) is 1.73. The highest BCUT2D eigenvalue weighted by atomic mass is 79.9. The quantitative estimate of drug-likeness (QED) is 0.638. The summed E-state index contributed by atoms with van der Waals surface area (Å²) in [6, 6.07) is 8.15. The van der Waals surface area contributed by atoms with Crippen LogP contribution in [0.15, 0.2) is 28.7 Å². The van der Waals surface area contributed by atoms with E-state index in [2.05, 4.69) is 51.8 Å². The molecule has 0 radical (unpaired) electrons. The first kappa shape index (κ1) is 16.2. The van der Waals surface area contributed by atoms with Gasteiger partial charge in [0.15, 0.2) is 0 Å². The van der Waals surface area contributed by atoms with Crippen LogP contribution in [0.25, 0.3) is 0 Å². The van der Waals surface area contributed by atoms with Crippen molar-refractivity contribution < 1.29 is 9.47 Å². The fourth-order valence-electron chi connectivity index (χ4n) is 1.50. The lowest BCUT2D eigenvalue weighted by Crippen LogP contribution is -2.25. The molecule has 1 unspecified atom stereocenters. The molecule has 2 nitrogen and oxygen atoms in total. The zero-order chi connectivity index (χ0) is 13.6. The second-order valence-electron chi connectivity index (χ2n) is 4.75. The summed E-state index contributed by atoms with van der Waals surface area (Å²) in [4.78, 5) is 0. The Morgan fingerprint density at radius 1 is 1.28 bits per heavy atom. The Bertz CT molecular complexity index is 367. The molecule has 0 aromatic heterocycles. The smallest absolute Gasteiger partial charge is 0.0932 e. The number of hydrogen-bond donors (Lipinski definition) is 0. The molecular weight excluding hydrogens is 360 g/mol. The number of hydrogen-bond acceptors (Lipinski definition) is 2. The minimum atomic E-state index is -0.134. The van der Waals surface area contributed by atoms with E-state index in [0.29, 0.717) is 6.61 Å². The van der Waals surface area contributed by atoms with Gasteiger partial charge in [0.05, 0.1) is 18.3 Å². The van der Waals surface area contributed by atoms with Crippen molar-refractivity contribution in [1.29, 1.82) is 0 Å². The van der Waals surface area contributed by atoms with Gasteiger partial charge in [-0.05, 0) is 31.9 Å². The highest BCUT2D eigenvalue weighted by molar-refractivity contribution is 9.10. The molecular formula is C14H20Br2O2. The second kappa shape index (κ2) is 7.63. The maximum absolute atomic E-state index is 5.94. The van der Waals surface area contributed by atoms with Crippen molar-refractivity contribution in [2.24, 2.45) is 0 Å². The summed E-state index contributed by atoms with van der Waals surface area (Å²) in [5, 5.41) is 0.781. The Kier molecular flexibility index (Phi) is 6.85. The Labute approximate surface area is 126 Å². The van der Waals surface area contributed by atoms with Crippen molar-refractivity contribution in [1.82, 2.24) is 0 Å². The first-order chi connectivity index (χ1) is 8.50. The molecule has 1 atom stereocenters. The molecule has 1 rings (SSSR count). The first-order valence-corrected chi connectivity index (χ1v) is 7.89. The van der Waals surface area contributed by atoms with Gasteiger partial charge < -0.3 is 9.47 Å². The van der Waals surface area contributed by atoms with Crippen LogP contribution in [0.2, 0.25) is 0 Å². The van der Waals surface area contributed by atoms with E-state index in [9.17, 15) is 0 Å². The minimum Gasteiger partial charge on any atom is -0.379 e. The third-order valence-electron chi connectivity index (χ3n) is 2.97. The van der Waals surface area contributed by atoms with Gasteiger partial charge in [-0.25, -0.2) is 0 Å². The van der Waals surface area contributed by atoms with Gasteiger partial charge in [0.1, 0.15) is 0 Å². The van der Waals surface area contributed by atoms with Crippen LogP contribution in [0.3, 0.4) is 0 Å². The molecule has 0 aliphatic heterocycles. The lowest BCUT2D eigenvalue weighted by molar-refractivity contribution is -0.0229. The summed E-state index contributed by atoms with van der Waals surface area (Å²) in [6.07, 6.45) is 0.936. The summed E-state index contributed by atoms with van der Waals surface area (Å²) in [5.41, 5.74) is 1.04. The van der Waals surface area contributed by atoms with E-state index in [-0.39, 0.29) is 11.7 Å². The average Bonchev–Trinajstić information content (AvgIpc) is 2.36. The Morgan fingerprint density at radius 2 is 1.94 bits per heavy atom. The molecule has 0 bridgehead atoms. The Balaban J connectivity index is 2.56. The van der Waals surface area contributed by atoms with Gasteiger partial charge in [-0.3, -0.25) is 0 Å². The molecule has 4 heteroatoms. The monoisotopic (exact) mass is 378 g/mol. The van der Waals surface area contributed by atoms with Gasteiger partial charge in [-0.15, -0.1) is 0 Å². The van der Waals surface area contributed by atoms with Crippen molar-refractivity contribution >= 4 is 31.9 Å². The lowest BCUT2D eigenvalue weighted by atomic mass is 10.1. The van der Waals surface area contributed by atoms with E-state index in [1.165, 1.54) is 5.56 Å². The van der Waals surface area contributed by atoms with Gasteiger partial charge in [-0.1, -0.05) is 50.1 Å². The predicted molar refractivity (Wildman–Crippen MR) is 82.3 cm³/mol. The standard InChI is InChI=1S/C14H20Br2O2/c1-14(2,17-3)8-9-18-13(10-15)11-6-4-5-7-12(11)16/h4-7,13H,8-10H2,1-3H3. The average molecular weight is 380 g/mol. The Morgan fingerprint density at radius 3 is 2.50 bits per heavy atom. The second-order valence-corrected chi connectivity index (χ2v) is 6.25. The first-order valence-electron chi connectivity index (χ1n) is 5.97. The highest BCUT2D eigenvalue weighted by Crippen LogP contribution is 2.28. The van der Waals surface area contributed by atoms with Crippen LogP contribution >= 0.6 is 31.9 Å². The minimum absolute atomic E-state index is 0.0632. The number of alkyl halides is 1. The van der Waals surface area contributed by atoms with Crippen LogP contribution in [0.5, 0.6) is 0 Å². The van der Waals surface area contributed by atoms with E-state index in [1.807, 2.05) is 18.2 Å². The number of ether oxygens (including phenoxy) is 2. The van der Waals surface area contributed by atoms with Crippen molar-refractivity contribution in [3.8, 4) is 0 Å². The molecule has 0 amide bonds. The zero-order valence-corrected chi connectivity index (χ0v) is 14.3. The molecule has 1 aromatic rings. The van der Waals surface area contributed by atoms with Crippen LogP contribution in [-0.2, 0) is 9.47 Å². The van der Waals surface area contributed by atoms with Gasteiger partial charge in [0.2, 0.25) is 0 Å². The molecule has 0 N–H and O–H groups in total. The third kappa shape index (κ3) is 5.00. The van der Waals surface area contributed by atoms with Crippen LogP contribution in [0.1, 0.15) is 31.9 Å². The number of benzene rings is 1. The summed E-state index contributed by atoms with van der Waals surface area (Å²) >= 11 is 7.06. The van der Waals surface area contributed by atoms with Crippen molar-refractivity contribution in [3.63, 3.8) is 0 Å². The SMILES string of the molecule is COC(C)(C)CCOC(CBr)c1ccccc1Br. The van der Waals surface area contributed by atoms with Gasteiger partial charge in [0, 0.05) is 16.9 Å². The van der Waals surface area contributed by atoms with Crippen LogP contribution in [0.4, 0.5) is 0 Å². The molecule has 0 heterocycles. The number of halogens is 2. The maximum Gasteiger partial charge on any atom is 0.0932 e. The molecule has 102 valence electrons. The van der Waals surface area contributed by atoms with Gasteiger partial charge >= 0.3 is 0 Å². The molecule has 0 saturated heterocycles. The molecule has 0 spiro atoms. The fraction of sp³-hybridized carbons (Fsp3) is 0.571. The van der Waals surface area contributed by atoms with E-state index in [4.69, 9.17) is 9.47 Å². The van der Waals surface area contributed by atoms with Crippen LogP contribution in [-0.4, -0.2) is 24.6 Å². The number of methoxy groups -OCH3 is 1. The lowest BCUT2D eigenvalue weighted by Gasteiger charge is -2.24. The van der Waals surface area contributed by atoms with Crippen LogP contribution in [0, 0.1) is 0 Å². The van der Waals surface area contributed by atoms with Crippen molar-refractivity contribution in [2.75, 3.05) is 19.0 Å².